The Morgan fingerprint density at radius 2 is 1.88 bits per heavy atom. The number of nitrogens with one attached hydrogen (secondary N) is 1. The minimum atomic E-state index is -0.422. The lowest BCUT2D eigenvalue weighted by molar-refractivity contribution is -0.387. The van der Waals surface area contributed by atoms with Crippen molar-refractivity contribution in [3.63, 3.8) is 0 Å². The van der Waals surface area contributed by atoms with Crippen molar-refractivity contribution in [2.75, 3.05) is 0 Å². The Morgan fingerprint density at radius 3 is 2.56 bits per heavy atom. The van der Waals surface area contributed by atoms with Crippen molar-refractivity contribution >= 4 is 51.7 Å². The van der Waals surface area contributed by atoms with Crippen LogP contribution in [0.15, 0.2) is 64.4 Å². The summed E-state index contributed by atoms with van der Waals surface area (Å²) in [4.78, 5) is 20.3. The highest BCUT2D eigenvalue weighted by molar-refractivity contribution is 7.99. The molecule has 0 bridgehead atoms. The second kappa shape index (κ2) is 8.87. The summed E-state index contributed by atoms with van der Waals surface area (Å²) in [6.45, 7) is 4.02. The van der Waals surface area contributed by atoms with E-state index in [4.69, 9.17) is 11.6 Å². The van der Waals surface area contributed by atoms with Crippen molar-refractivity contribution < 1.29 is 4.92 Å². The van der Waals surface area contributed by atoms with Crippen molar-refractivity contribution in [3.05, 3.63) is 92.2 Å². The number of rotatable bonds is 5. The zero-order valence-electron chi connectivity index (χ0n) is 17.2. The summed E-state index contributed by atoms with van der Waals surface area (Å²) in [5, 5.41) is 22.0. The van der Waals surface area contributed by atoms with E-state index in [-0.39, 0.29) is 5.69 Å². The number of nitro groups is 1. The van der Waals surface area contributed by atoms with Gasteiger partial charge >= 0.3 is 0 Å². The largest absolute Gasteiger partial charge is 0.337 e. The van der Waals surface area contributed by atoms with Gasteiger partial charge in [-0.15, -0.1) is 0 Å². The highest BCUT2D eigenvalue weighted by Crippen LogP contribution is 2.36. The van der Waals surface area contributed by atoms with Gasteiger partial charge in [0.2, 0.25) is 0 Å². The second-order valence-corrected chi connectivity index (χ2v) is 8.80. The Bertz CT molecular complexity index is 1380. The van der Waals surface area contributed by atoms with Gasteiger partial charge in [-0.2, -0.15) is 5.26 Å². The first-order valence-electron chi connectivity index (χ1n) is 9.65. The van der Waals surface area contributed by atoms with Crippen LogP contribution in [0.5, 0.6) is 0 Å². The maximum Gasteiger partial charge on any atom is 0.283 e. The summed E-state index contributed by atoms with van der Waals surface area (Å²) >= 11 is 7.20. The Morgan fingerprint density at radius 1 is 1.16 bits per heavy atom. The number of aromatic amines is 1. The molecule has 0 aliphatic rings. The number of benzene rings is 3. The quantitative estimate of drug-likeness (QED) is 0.197. The summed E-state index contributed by atoms with van der Waals surface area (Å²) in [6.07, 6.45) is 1.60. The van der Waals surface area contributed by atoms with Gasteiger partial charge in [0.05, 0.1) is 26.4 Å². The molecule has 1 N–H and O–H groups in total. The smallest absolute Gasteiger partial charge is 0.283 e. The predicted molar refractivity (Wildman–Crippen MR) is 128 cm³/mol. The maximum absolute atomic E-state index is 11.7. The van der Waals surface area contributed by atoms with Gasteiger partial charge in [-0.25, -0.2) is 4.98 Å². The molecule has 0 aliphatic carbocycles. The van der Waals surface area contributed by atoms with Gasteiger partial charge in [0.15, 0.2) is 0 Å². The minimum absolute atomic E-state index is 0.0353. The number of H-pyrrole nitrogens is 1. The molecule has 32 heavy (non-hydrogen) atoms. The Labute approximate surface area is 193 Å². The third-order valence-corrected chi connectivity index (χ3v) is 6.33. The molecule has 4 aromatic rings. The number of imidazole rings is 1. The molecule has 0 amide bonds. The van der Waals surface area contributed by atoms with Gasteiger partial charge in [-0.05, 0) is 79.1 Å². The van der Waals surface area contributed by atoms with E-state index in [1.165, 1.54) is 17.8 Å². The topological polar surface area (TPSA) is 95.6 Å². The first-order chi connectivity index (χ1) is 15.3. The molecule has 1 heterocycles. The van der Waals surface area contributed by atoms with Crippen molar-refractivity contribution in [1.82, 2.24) is 9.97 Å². The number of nitriles is 1. The number of aryl methyl sites for hydroxylation is 2. The van der Waals surface area contributed by atoms with Gasteiger partial charge in [0.1, 0.15) is 11.9 Å². The second-order valence-electron chi connectivity index (χ2n) is 7.25. The van der Waals surface area contributed by atoms with Crippen LogP contribution in [0.4, 0.5) is 5.69 Å². The van der Waals surface area contributed by atoms with Gasteiger partial charge in [0, 0.05) is 16.0 Å². The normalized spacial score (nSPS) is 11.5. The standard InChI is InChI=1S/C24H17ClN4O2S/c1-14-9-20-21(10-15(14)2)28-24(27-20)17(13-26)11-16-3-8-23(22(12-16)29(30)31)32-19-6-4-18(25)5-7-19/h3-12H,1-2H3,(H,27,28)/b17-11-. The van der Waals surface area contributed by atoms with E-state index in [9.17, 15) is 15.4 Å². The number of nitrogens with zero attached hydrogens (tertiary/aromatic N) is 3. The third-order valence-electron chi connectivity index (χ3n) is 5.01. The lowest BCUT2D eigenvalue weighted by Gasteiger charge is -2.05. The van der Waals surface area contributed by atoms with Crippen LogP contribution in [0.25, 0.3) is 22.7 Å². The molecule has 158 valence electrons. The van der Waals surface area contributed by atoms with Crippen LogP contribution in [0.2, 0.25) is 5.02 Å². The first-order valence-corrected chi connectivity index (χ1v) is 10.8. The Balaban J connectivity index is 1.70. The molecule has 0 aliphatic heterocycles. The fraction of sp³-hybridized carbons (Fsp3) is 0.0833. The number of aromatic nitrogens is 2. The summed E-state index contributed by atoms with van der Waals surface area (Å²) in [5.41, 5.74) is 4.65. The van der Waals surface area contributed by atoms with Crippen LogP contribution in [0, 0.1) is 35.3 Å². The lowest BCUT2D eigenvalue weighted by Crippen LogP contribution is -1.92. The molecule has 4 rings (SSSR count). The molecule has 0 atom stereocenters. The molecule has 0 radical (unpaired) electrons. The summed E-state index contributed by atoms with van der Waals surface area (Å²) < 4.78 is 0. The zero-order valence-corrected chi connectivity index (χ0v) is 18.8. The molecule has 0 saturated carbocycles. The average Bonchev–Trinajstić information content (AvgIpc) is 3.17. The fourth-order valence-electron chi connectivity index (χ4n) is 3.20. The van der Waals surface area contributed by atoms with Crippen LogP contribution >= 0.6 is 23.4 Å². The maximum atomic E-state index is 11.7. The number of fused-ring (bicyclic) bond motifs is 1. The zero-order chi connectivity index (χ0) is 22.8. The number of allylic oxidation sites excluding steroid dienone is 1. The fourth-order valence-corrected chi connectivity index (χ4v) is 4.23. The van der Waals surface area contributed by atoms with Crippen molar-refractivity contribution in [3.8, 4) is 6.07 Å². The predicted octanol–water partition coefficient (Wildman–Crippen LogP) is 6.96. The van der Waals surface area contributed by atoms with E-state index >= 15 is 0 Å². The number of hydrogen-bond acceptors (Lipinski definition) is 5. The molecule has 0 fully saturated rings. The van der Waals surface area contributed by atoms with Crippen LogP contribution in [0.1, 0.15) is 22.5 Å². The highest BCUT2D eigenvalue weighted by Gasteiger charge is 2.16. The van der Waals surface area contributed by atoms with Gasteiger partial charge < -0.3 is 4.98 Å². The van der Waals surface area contributed by atoms with Crippen LogP contribution in [-0.4, -0.2) is 14.9 Å². The monoisotopic (exact) mass is 460 g/mol. The minimum Gasteiger partial charge on any atom is -0.337 e. The molecule has 1 aromatic heterocycles. The third kappa shape index (κ3) is 4.52. The van der Waals surface area contributed by atoms with Crippen LogP contribution in [-0.2, 0) is 0 Å². The van der Waals surface area contributed by atoms with E-state index in [0.717, 1.165) is 27.1 Å². The average molecular weight is 461 g/mol. The summed E-state index contributed by atoms with van der Waals surface area (Å²) in [7, 11) is 0. The molecular weight excluding hydrogens is 444 g/mol. The molecule has 3 aromatic carbocycles. The van der Waals surface area contributed by atoms with Crippen LogP contribution < -0.4 is 0 Å². The molecule has 0 unspecified atom stereocenters. The lowest BCUT2D eigenvalue weighted by atomic mass is 10.1. The Kier molecular flexibility index (Phi) is 5.99. The van der Waals surface area contributed by atoms with Crippen LogP contribution in [0.3, 0.4) is 0 Å². The van der Waals surface area contributed by atoms with Gasteiger partial charge in [-0.1, -0.05) is 29.4 Å². The number of hydrogen-bond donors (Lipinski definition) is 1. The van der Waals surface area contributed by atoms with E-state index < -0.39 is 4.92 Å². The summed E-state index contributed by atoms with van der Waals surface area (Å²) in [5.74, 6) is 0.426. The van der Waals surface area contributed by atoms with E-state index in [1.54, 1.807) is 30.3 Å². The van der Waals surface area contributed by atoms with Crippen molar-refractivity contribution in [2.24, 2.45) is 0 Å². The highest BCUT2D eigenvalue weighted by atomic mass is 35.5. The molecule has 0 spiro atoms. The SMILES string of the molecule is Cc1cc2nc(/C(C#N)=C\c3ccc(Sc4ccc(Cl)cc4)c([N+](=O)[O-])c3)[nH]c2cc1C. The van der Waals surface area contributed by atoms with Gasteiger partial charge in [0.25, 0.3) is 5.69 Å². The number of halogens is 1. The number of nitro benzene ring substituents is 1. The molecular formula is C24H17ClN4O2S. The molecule has 0 saturated heterocycles. The molecule has 6 nitrogen and oxygen atoms in total. The van der Waals surface area contributed by atoms with Crippen molar-refractivity contribution in [2.45, 2.75) is 23.6 Å². The van der Waals surface area contributed by atoms with Crippen molar-refractivity contribution in [1.29, 1.82) is 5.26 Å². The Hall–Kier alpha value is -3.60. The summed E-state index contributed by atoms with van der Waals surface area (Å²) in [6, 6.07) is 18.1. The van der Waals surface area contributed by atoms with Gasteiger partial charge in [-0.3, -0.25) is 10.1 Å². The van der Waals surface area contributed by atoms with E-state index in [0.29, 0.717) is 26.9 Å². The molecule has 8 heteroatoms. The first kappa shape index (κ1) is 21.6. The van der Waals surface area contributed by atoms with E-state index in [2.05, 4.69) is 16.0 Å². The van der Waals surface area contributed by atoms with E-state index in [1.807, 2.05) is 38.1 Å².